The van der Waals surface area contributed by atoms with Gasteiger partial charge in [-0.1, -0.05) is 29.3 Å². The van der Waals surface area contributed by atoms with Gasteiger partial charge in [0, 0.05) is 11.3 Å². The van der Waals surface area contributed by atoms with Gasteiger partial charge in [-0.2, -0.15) is 0 Å². The van der Waals surface area contributed by atoms with Crippen LogP contribution in [0.1, 0.15) is 28.9 Å². The van der Waals surface area contributed by atoms with E-state index < -0.39 is 0 Å². The lowest BCUT2D eigenvalue weighted by atomic mass is 10.1. The lowest BCUT2D eigenvalue weighted by molar-refractivity contribution is 0.0940. The molecular formula is C15H14Cl2N2O. The third-order valence-electron chi connectivity index (χ3n) is 2.96. The standard InChI is InChI=1S/C15H14Cl2N2O/c1-9(11-4-7-13(16)14(17)8-11)19-15(20)10-2-5-12(18)6-3-10/h2-9H,18H2,1H3,(H,19,20). The van der Waals surface area contributed by atoms with Gasteiger partial charge in [-0.15, -0.1) is 0 Å². The summed E-state index contributed by atoms with van der Waals surface area (Å²) in [6.07, 6.45) is 0. The number of hydrogen-bond donors (Lipinski definition) is 2. The molecule has 0 spiro atoms. The SMILES string of the molecule is CC(NC(=O)c1ccc(N)cc1)c1ccc(Cl)c(Cl)c1. The predicted molar refractivity (Wildman–Crippen MR) is 83.2 cm³/mol. The van der Waals surface area contributed by atoms with E-state index in [1.54, 1.807) is 36.4 Å². The summed E-state index contributed by atoms with van der Waals surface area (Å²) in [4.78, 5) is 12.1. The second-order valence-corrected chi connectivity index (χ2v) is 5.31. The first-order valence-electron chi connectivity index (χ1n) is 6.08. The number of hydrogen-bond acceptors (Lipinski definition) is 2. The second-order valence-electron chi connectivity index (χ2n) is 4.49. The third-order valence-corrected chi connectivity index (χ3v) is 3.70. The van der Waals surface area contributed by atoms with Gasteiger partial charge >= 0.3 is 0 Å². The fourth-order valence-corrected chi connectivity index (χ4v) is 2.09. The van der Waals surface area contributed by atoms with E-state index in [1.165, 1.54) is 0 Å². The Morgan fingerprint density at radius 3 is 2.35 bits per heavy atom. The summed E-state index contributed by atoms with van der Waals surface area (Å²) >= 11 is 11.8. The van der Waals surface area contributed by atoms with Crippen molar-refractivity contribution in [2.24, 2.45) is 0 Å². The second kappa shape index (κ2) is 6.16. The lowest BCUT2D eigenvalue weighted by Gasteiger charge is -2.15. The van der Waals surface area contributed by atoms with Crippen LogP contribution in [-0.4, -0.2) is 5.91 Å². The molecule has 0 heterocycles. The molecule has 3 nitrogen and oxygen atoms in total. The van der Waals surface area contributed by atoms with Crippen LogP contribution in [-0.2, 0) is 0 Å². The fourth-order valence-electron chi connectivity index (χ4n) is 1.78. The van der Waals surface area contributed by atoms with E-state index in [4.69, 9.17) is 28.9 Å². The lowest BCUT2D eigenvalue weighted by Crippen LogP contribution is -2.26. The van der Waals surface area contributed by atoms with Gasteiger partial charge in [0.25, 0.3) is 5.91 Å². The Bertz CT molecular complexity index is 626. The smallest absolute Gasteiger partial charge is 0.251 e. The van der Waals surface area contributed by atoms with Crippen LogP contribution in [0.25, 0.3) is 0 Å². The zero-order valence-electron chi connectivity index (χ0n) is 10.9. The molecule has 0 aliphatic rings. The first-order chi connectivity index (χ1) is 9.47. The van der Waals surface area contributed by atoms with E-state index in [-0.39, 0.29) is 11.9 Å². The molecule has 2 aromatic rings. The molecule has 0 fully saturated rings. The quantitative estimate of drug-likeness (QED) is 0.840. The van der Waals surface area contributed by atoms with Crippen molar-refractivity contribution >= 4 is 34.8 Å². The maximum absolute atomic E-state index is 12.1. The highest BCUT2D eigenvalue weighted by molar-refractivity contribution is 6.42. The summed E-state index contributed by atoms with van der Waals surface area (Å²) in [6, 6.07) is 11.9. The maximum atomic E-state index is 12.1. The minimum absolute atomic E-state index is 0.163. The zero-order valence-corrected chi connectivity index (χ0v) is 12.4. The number of rotatable bonds is 3. The van der Waals surface area contributed by atoms with Gasteiger partial charge in [-0.3, -0.25) is 4.79 Å². The molecule has 20 heavy (non-hydrogen) atoms. The van der Waals surface area contributed by atoms with E-state index in [0.29, 0.717) is 21.3 Å². The van der Waals surface area contributed by atoms with Gasteiger partial charge < -0.3 is 11.1 Å². The molecular weight excluding hydrogens is 295 g/mol. The number of carbonyl (C=O) groups excluding carboxylic acids is 1. The minimum Gasteiger partial charge on any atom is -0.399 e. The predicted octanol–water partition coefficient (Wildman–Crippen LogP) is 4.07. The molecule has 1 atom stereocenters. The van der Waals surface area contributed by atoms with Crippen molar-refractivity contribution in [2.75, 3.05) is 5.73 Å². The molecule has 0 bridgehead atoms. The molecule has 0 aromatic heterocycles. The Morgan fingerprint density at radius 2 is 1.75 bits per heavy atom. The molecule has 0 aliphatic heterocycles. The number of nitrogens with two attached hydrogens (primary N) is 1. The number of nitrogen functional groups attached to an aromatic ring is 1. The average molecular weight is 309 g/mol. The Kier molecular flexibility index (Phi) is 4.53. The number of benzene rings is 2. The van der Waals surface area contributed by atoms with Crippen molar-refractivity contribution in [2.45, 2.75) is 13.0 Å². The fraction of sp³-hybridized carbons (Fsp3) is 0.133. The van der Waals surface area contributed by atoms with Crippen LogP contribution in [0.5, 0.6) is 0 Å². The summed E-state index contributed by atoms with van der Waals surface area (Å²) in [7, 11) is 0. The van der Waals surface area contributed by atoms with E-state index >= 15 is 0 Å². The molecule has 2 rings (SSSR count). The van der Waals surface area contributed by atoms with Crippen LogP contribution in [0.15, 0.2) is 42.5 Å². The van der Waals surface area contributed by atoms with Crippen LogP contribution in [0.4, 0.5) is 5.69 Å². The molecule has 3 N–H and O–H groups in total. The summed E-state index contributed by atoms with van der Waals surface area (Å²) in [5.41, 5.74) is 7.67. The van der Waals surface area contributed by atoms with E-state index in [2.05, 4.69) is 5.32 Å². The molecule has 104 valence electrons. The maximum Gasteiger partial charge on any atom is 0.251 e. The third kappa shape index (κ3) is 3.44. The molecule has 0 aliphatic carbocycles. The Balaban J connectivity index is 2.10. The van der Waals surface area contributed by atoms with Gasteiger partial charge in [-0.05, 0) is 48.9 Å². The Hall–Kier alpha value is -1.71. The molecule has 5 heteroatoms. The van der Waals surface area contributed by atoms with Gasteiger partial charge in [0.2, 0.25) is 0 Å². The summed E-state index contributed by atoms with van der Waals surface area (Å²) in [5, 5.41) is 3.86. The Morgan fingerprint density at radius 1 is 1.10 bits per heavy atom. The summed E-state index contributed by atoms with van der Waals surface area (Å²) in [6.45, 7) is 1.88. The molecule has 0 saturated carbocycles. The first-order valence-corrected chi connectivity index (χ1v) is 6.84. The van der Waals surface area contributed by atoms with Crippen molar-refractivity contribution in [1.82, 2.24) is 5.32 Å². The average Bonchev–Trinajstić information content (AvgIpc) is 2.42. The topological polar surface area (TPSA) is 55.1 Å². The van der Waals surface area contributed by atoms with Crippen LogP contribution in [0, 0.1) is 0 Å². The molecule has 2 aromatic carbocycles. The highest BCUT2D eigenvalue weighted by atomic mass is 35.5. The minimum atomic E-state index is -0.171. The number of anilines is 1. The van der Waals surface area contributed by atoms with Gasteiger partial charge in [0.15, 0.2) is 0 Å². The van der Waals surface area contributed by atoms with E-state index in [0.717, 1.165) is 5.56 Å². The first kappa shape index (κ1) is 14.7. The van der Waals surface area contributed by atoms with Crippen LogP contribution in [0.3, 0.4) is 0 Å². The summed E-state index contributed by atoms with van der Waals surface area (Å²) < 4.78 is 0. The highest BCUT2D eigenvalue weighted by Gasteiger charge is 2.12. The Labute approximate surface area is 127 Å². The van der Waals surface area contributed by atoms with Gasteiger partial charge in [0.1, 0.15) is 0 Å². The van der Waals surface area contributed by atoms with Crippen molar-refractivity contribution in [1.29, 1.82) is 0 Å². The van der Waals surface area contributed by atoms with Gasteiger partial charge in [0.05, 0.1) is 16.1 Å². The van der Waals surface area contributed by atoms with Crippen molar-refractivity contribution < 1.29 is 4.79 Å². The van der Waals surface area contributed by atoms with Crippen molar-refractivity contribution in [3.63, 3.8) is 0 Å². The molecule has 1 amide bonds. The largest absolute Gasteiger partial charge is 0.399 e. The van der Waals surface area contributed by atoms with E-state index in [9.17, 15) is 4.79 Å². The monoisotopic (exact) mass is 308 g/mol. The van der Waals surface area contributed by atoms with E-state index in [1.807, 2.05) is 13.0 Å². The number of nitrogens with one attached hydrogen (secondary N) is 1. The number of amides is 1. The van der Waals surface area contributed by atoms with Crippen LogP contribution < -0.4 is 11.1 Å². The number of halogens is 2. The van der Waals surface area contributed by atoms with Gasteiger partial charge in [-0.25, -0.2) is 0 Å². The molecule has 0 radical (unpaired) electrons. The van der Waals surface area contributed by atoms with Crippen molar-refractivity contribution in [3.8, 4) is 0 Å². The van der Waals surface area contributed by atoms with Crippen LogP contribution >= 0.6 is 23.2 Å². The summed E-state index contributed by atoms with van der Waals surface area (Å²) in [5.74, 6) is -0.163. The molecule has 0 saturated heterocycles. The van der Waals surface area contributed by atoms with Crippen LogP contribution in [0.2, 0.25) is 10.0 Å². The van der Waals surface area contributed by atoms with Crippen molar-refractivity contribution in [3.05, 3.63) is 63.6 Å². The zero-order chi connectivity index (χ0) is 14.7. The molecule has 1 unspecified atom stereocenters. The number of carbonyl (C=O) groups is 1. The highest BCUT2D eigenvalue weighted by Crippen LogP contribution is 2.25. The normalized spacial score (nSPS) is 11.9.